The number of nitrogens with zero attached hydrogens (tertiary/aromatic N) is 2. The number of pyridine rings is 1. The van der Waals surface area contributed by atoms with Crippen LogP contribution in [0.1, 0.15) is 44.2 Å². The molecule has 1 saturated carbocycles. The Morgan fingerprint density at radius 2 is 1.91 bits per heavy atom. The average Bonchev–Trinajstić information content (AvgIpc) is 3.19. The maximum Gasteiger partial charge on any atom is 0.419 e. The number of H-pyrrole nitrogens is 1. The van der Waals surface area contributed by atoms with Crippen molar-refractivity contribution in [2.24, 2.45) is 11.3 Å². The van der Waals surface area contributed by atoms with Crippen LogP contribution < -0.4 is 10.6 Å². The van der Waals surface area contributed by atoms with Crippen LogP contribution >= 0.6 is 0 Å². The minimum absolute atomic E-state index is 0.0132. The lowest BCUT2D eigenvalue weighted by atomic mass is 9.84. The maximum atomic E-state index is 13.8. The van der Waals surface area contributed by atoms with Gasteiger partial charge in [0.2, 0.25) is 5.91 Å². The molecular weight excluding hydrogens is 443 g/mol. The summed E-state index contributed by atoms with van der Waals surface area (Å²) in [4.78, 5) is 19.2. The van der Waals surface area contributed by atoms with Gasteiger partial charge in [0.25, 0.3) is 0 Å². The number of nitrogens with one attached hydrogen (secondary N) is 3. The highest BCUT2D eigenvalue weighted by Gasteiger charge is 2.36. The van der Waals surface area contributed by atoms with Crippen LogP contribution in [0.15, 0.2) is 36.5 Å². The van der Waals surface area contributed by atoms with E-state index in [0.717, 1.165) is 31.0 Å². The molecule has 6 nitrogen and oxygen atoms in total. The van der Waals surface area contributed by atoms with E-state index in [2.05, 4.69) is 20.6 Å². The van der Waals surface area contributed by atoms with Crippen LogP contribution in [0.25, 0.3) is 22.3 Å². The molecular formula is C25H26F3N5O. The fraction of sp³-hybridized carbons (Fsp3) is 0.400. The number of carbonyl (C=O) groups excluding carboxylic acids is 1. The average molecular weight is 470 g/mol. The molecule has 1 aromatic carbocycles. The van der Waals surface area contributed by atoms with Gasteiger partial charge < -0.3 is 15.6 Å². The fourth-order valence-electron chi connectivity index (χ4n) is 3.89. The van der Waals surface area contributed by atoms with Crippen LogP contribution in [0, 0.1) is 22.7 Å². The Balaban J connectivity index is 1.60. The van der Waals surface area contributed by atoms with Crippen LogP contribution in [0.5, 0.6) is 0 Å². The molecule has 3 N–H and O–H groups in total. The number of anilines is 1. The fourth-order valence-corrected chi connectivity index (χ4v) is 3.89. The third kappa shape index (κ3) is 5.01. The summed E-state index contributed by atoms with van der Waals surface area (Å²) in [6.45, 7) is 4.37. The third-order valence-corrected chi connectivity index (χ3v) is 6.25. The van der Waals surface area contributed by atoms with Crippen molar-refractivity contribution in [3.63, 3.8) is 0 Å². The lowest BCUT2D eigenvalue weighted by Gasteiger charge is -2.30. The normalized spacial score (nSPS) is 14.5. The number of amides is 1. The molecule has 0 atom stereocenters. The first-order chi connectivity index (χ1) is 16.1. The highest BCUT2D eigenvalue weighted by molar-refractivity contribution is 5.95. The molecule has 0 radical (unpaired) electrons. The van der Waals surface area contributed by atoms with Crippen molar-refractivity contribution in [3.8, 4) is 17.3 Å². The molecule has 1 fully saturated rings. The van der Waals surface area contributed by atoms with Crippen LogP contribution in [-0.2, 0) is 11.0 Å². The number of hydrogen-bond donors (Lipinski definition) is 3. The summed E-state index contributed by atoms with van der Waals surface area (Å²) < 4.78 is 41.5. The number of halogens is 3. The Hall–Kier alpha value is -3.54. The second-order valence-corrected chi connectivity index (χ2v) is 9.54. The van der Waals surface area contributed by atoms with Gasteiger partial charge in [-0.3, -0.25) is 4.79 Å². The Morgan fingerprint density at radius 1 is 1.21 bits per heavy atom. The van der Waals surface area contributed by atoms with Gasteiger partial charge in [-0.2, -0.15) is 18.4 Å². The van der Waals surface area contributed by atoms with Gasteiger partial charge in [-0.25, -0.2) is 4.98 Å². The van der Waals surface area contributed by atoms with E-state index in [9.17, 15) is 18.0 Å². The van der Waals surface area contributed by atoms with E-state index in [1.54, 1.807) is 30.3 Å². The maximum absolute atomic E-state index is 13.8. The van der Waals surface area contributed by atoms with Crippen molar-refractivity contribution < 1.29 is 18.0 Å². The van der Waals surface area contributed by atoms with E-state index >= 15 is 0 Å². The van der Waals surface area contributed by atoms with Gasteiger partial charge in [-0.15, -0.1) is 0 Å². The minimum atomic E-state index is -4.59. The van der Waals surface area contributed by atoms with Crippen LogP contribution in [0.3, 0.4) is 0 Å². The van der Waals surface area contributed by atoms with Gasteiger partial charge in [0.1, 0.15) is 5.65 Å². The van der Waals surface area contributed by atoms with Crippen LogP contribution in [0.2, 0.25) is 0 Å². The smallest absolute Gasteiger partial charge is 0.383 e. The van der Waals surface area contributed by atoms with Gasteiger partial charge in [0, 0.05) is 36.3 Å². The van der Waals surface area contributed by atoms with Crippen LogP contribution in [0.4, 0.5) is 18.9 Å². The molecule has 1 amide bonds. The number of fused-ring (bicyclic) bond motifs is 1. The number of aromatic nitrogens is 2. The van der Waals surface area contributed by atoms with E-state index in [1.807, 2.05) is 19.9 Å². The molecule has 3 aromatic rings. The molecule has 2 heterocycles. The molecule has 0 aliphatic heterocycles. The zero-order valence-electron chi connectivity index (χ0n) is 19.0. The quantitative estimate of drug-likeness (QED) is 0.427. The summed E-state index contributed by atoms with van der Waals surface area (Å²) in [5.41, 5.74) is 0.769. The van der Waals surface area contributed by atoms with Crippen molar-refractivity contribution >= 4 is 22.6 Å². The first-order valence-electron chi connectivity index (χ1n) is 11.2. The molecule has 0 spiro atoms. The first-order valence-corrected chi connectivity index (χ1v) is 11.2. The van der Waals surface area contributed by atoms with Crippen molar-refractivity contribution in [2.45, 2.75) is 39.3 Å². The second-order valence-electron chi connectivity index (χ2n) is 9.54. The molecule has 0 unspecified atom stereocenters. The van der Waals surface area contributed by atoms with Gasteiger partial charge in [0.15, 0.2) is 0 Å². The molecule has 1 aliphatic rings. The molecule has 178 valence electrons. The lowest BCUT2D eigenvalue weighted by molar-refractivity contribution is -0.137. The molecule has 34 heavy (non-hydrogen) atoms. The largest absolute Gasteiger partial charge is 0.419 e. The van der Waals surface area contributed by atoms with Crippen molar-refractivity contribution in [1.82, 2.24) is 15.3 Å². The Labute approximate surface area is 195 Å². The third-order valence-electron chi connectivity index (χ3n) is 6.25. The first kappa shape index (κ1) is 23.6. The lowest BCUT2D eigenvalue weighted by Crippen LogP contribution is -2.42. The van der Waals surface area contributed by atoms with Crippen molar-refractivity contribution in [1.29, 1.82) is 5.26 Å². The number of carbonyl (C=O) groups is 1. The summed E-state index contributed by atoms with van der Waals surface area (Å²) in [6, 6.07) is 10.4. The molecule has 0 bridgehead atoms. The zero-order chi connectivity index (χ0) is 24.5. The molecule has 0 saturated heterocycles. The zero-order valence-corrected chi connectivity index (χ0v) is 19.0. The van der Waals surface area contributed by atoms with Gasteiger partial charge in [-0.05, 0) is 42.0 Å². The van der Waals surface area contributed by atoms with E-state index in [0.29, 0.717) is 28.8 Å². The Morgan fingerprint density at radius 3 is 2.50 bits per heavy atom. The highest BCUT2D eigenvalue weighted by Crippen LogP contribution is 2.40. The van der Waals surface area contributed by atoms with E-state index < -0.39 is 17.2 Å². The summed E-state index contributed by atoms with van der Waals surface area (Å²) in [6.07, 6.45) is -0.914. The number of hydrogen-bond acceptors (Lipinski definition) is 4. The number of nitriles is 1. The van der Waals surface area contributed by atoms with Crippen LogP contribution in [-0.4, -0.2) is 29.0 Å². The van der Waals surface area contributed by atoms with E-state index in [-0.39, 0.29) is 24.1 Å². The van der Waals surface area contributed by atoms with Gasteiger partial charge >= 0.3 is 6.18 Å². The number of alkyl halides is 3. The standard InChI is InChI=1S/C25H26F3N5O/c1-24(2,14-32-23(34)17-4-3-5-17)13-31-21-18-10-20(16-8-6-15(11-29)7-9-16)33-22(18)30-12-19(21)25(26,27)28/h6-10,12,17H,3-5,13-14H2,1-2H3,(H,32,34)(H2,30,31,33). The predicted molar refractivity (Wildman–Crippen MR) is 124 cm³/mol. The van der Waals surface area contributed by atoms with Crippen molar-refractivity contribution in [2.75, 3.05) is 18.4 Å². The van der Waals surface area contributed by atoms with E-state index in [4.69, 9.17) is 5.26 Å². The topological polar surface area (TPSA) is 93.6 Å². The number of benzene rings is 1. The second kappa shape index (κ2) is 9.01. The van der Waals surface area contributed by atoms with Crippen molar-refractivity contribution in [3.05, 3.63) is 47.7 Å². The summed E-state index contributed by atoms with van der Waals surface area (Å²) >= 11 is 0. The summed E-state index contributed by atoms with van der Waals surface area (Å²) in [7, 11) is 0. The predicted octanol–water partition coefficient (Wildman–Crippen LogP) is 5.47. The molecule has 4 rings (SSSR count). The Kier molecular flexibility index (Phi) is 6.26. The SMILES string of the molecule is CC(C)(CNC(=O)C1CCC1)CNc1c(C(F)(F)F)cnc2[nH]c(-c3ccc(C#N)cc3)cc12. The minimum Gasteiger partial charge on any atom is -0.383 e. The van der Waals surface area contributed by atoms with Gasteiger partial charge in [-0.1, -0.05) is 32.4 Å². The van der Waals surface area contributed by atoms with E-state index in [1.165, 1.54) is 0 Å². The summed E-state index contributed by atoms with van der Waals surface area (Å²) in [5, 5.41) is 15.2. The highest BCUT2D eigenvalue weighted by atomic mass is 19.4. The van der Waals surface area contributed by atoms with Gasteiger partial charge in [0.05, 0.1) is 22.9 Å². The Bertz CT molecular complexity index is 1230. The summed E-state index contributed by atoms with van der Waals surface area (Å²) in [5.74, 6) is 0.0696. The molecule has 9 heteroatoms. The number of rotatable bonds is 7. The molecule has 1 aliphatic carbocycles. The monoisotopic (exact) mass is 469 g/mol. The number of aromatic amines is 1. The molecule has 2 aromatic heterocycles.